The van der Waals surface area contributed by atoms with Crippen molar-refractivity contribution in [2.45, 2.75) is 20.8 Å². The molecule has 3 aromatic heterocycles. The quantitative estimate of drug-likeness (QED) is 0.608. The van der Waals surface area contributed by atoms with Gasteiger partial charge in [-0.1, -0.05) is 0 Å². The van der Waals surface area contributed by atoms with Gasteiger partial charge >= 0.3 is 5.97 Å². The van der Waals surface area contributed by atoms with Crippen LogP contribution in [0.2, 0.25) is 0 Å². The van der Waals surface area contributed by atoms with Gasteiger partial charge in [0.25, 0.3) is 6.47 Å². The Bertz CT molecular complexity index is 921. The van der Waals surface area contributed by atoms with Crippen LogP contribution in [0, 0.1) is 20.8 Å². The van der Waals surface area contributed by atoms with Gasteiger partial charge in [-0.05, 0) is 26.3 Å². The molecule has 3 heterocycles. The molecule has 0 aliphatic heterocycles. The van der Waals surface area contributed by atoms with Crippen LogP contribution in [0.1, 0.15) is 27.6 Å². The largest absolute Gasteiger partial charge is 0.483 e. The number of aromatic nitrogens is 6. The van der Waals surface area contributed by atoms with Gasteiger partial charge in [0.2, 0.25) is 0 Å². The molecular formula is C15H18N6O4. The topological polar surface area (TPSA) is 139 Å². The standard InChI is InChI=1S/C14H16N6O2.CH2O2/c1-7-11(8(2)16-12(7)14(21)22)13-17-9(3)18-20(13)10-5-15-19(4)6-10;2-1-3/h5-6,16H,1-4H3,(H,21,22);1H,(H,2,3). The number of aromatic amines is 1. The molecule has 0 radical (unpaired) electrons. The molecule has 0 saturated heterocycles. The summed E-state index contributed by atoms with van der Waals surface area (Å²) in [6.45, 7) is 5.14. The van der Waals surface area contributed by atoms with Crippen LogP contribution in [-0.4, -0.2) is 52.2 Å². The van der Waals surface area contributed by atoms with E-state index in [4.69, 9.17) is 9.90 Å². The van der Waals surface area contributed by atoms with E-state index in [1.807, 2.05) is 20.2 Å². The minimum Gasteiger partial charge on any atom is -0.483 e. The van der Waals surface area contributed by atoms with E-state index in [9.17, 15) is 9.90 Å². The molecule has 10 heteroatoms. The number of carboxylic acids is 1. The molecule has 0 amide bonds. The summed E-state index contributed by atoms with van der Waals surface area (Å²) in [5.41, 5.74) is 3.08. The van der Waals surface area contributed by atoms with E-state index in [1.54, 1.807) is 29.4 Å². The highest BCUT2D eigenvalue weighted by molar-refractivity contribution is 5.90. The maximum Gasteiger partial charge on any atom is 0.352 e. The van der Waals surface area contributed by atoms with Crippen molar-refractivity contribution >= 4 is 12.4 Å². The first-order chi connectivity index (χ1) is 11.8. The smallest absolute Gasteiger partial charge is 0.352 e. The van der Waals surface area contributed by atoms with Gasteiger partial charge in [-0.25, -0.2) is 14.5 Å². The van der Waals surface area contributed by atoms with Gasteiger partial charge in [-0.15, -0.1) is 0 Å². The molecule has 3 aromatic rings. The first kappa shape index (κ1) is 17.9. The number of aryl methyl sites for hydroxylation is 3. The summed E-state index contributed by atoms with van der Waals surface area (Å²) in [6, 6.07) is 0. The van der Waals surface area contributed by atoms with Gasteiger partial charge in [0.1, 0.15) is 17.2 Å². The van der Waals surface area contributed by atoms with Crippen molar-refractivity contribution < 1.29 is 19.8 Å². The van der Waals surface area contributed by atoms with Crippen LogP contribution < -0.4 is 0 Å². The van der Waals surface area contributed by atoms with Crippen LogP contribution in [0.15, 0.2) is 12.4 Å². The molecule has 0 bridgehead atoms. The van der Waals surface area contributed by atoms with Crippen molar-refractivity contribution in [3.05, 3.63) is 35.2 Å². The molecule has 3 rings (SSSR count). The fraction of sp³-hybridized carbons (Fsp3) is 0.267. The lowest BCUT2D eigenvalue weighted by atomic mass is 10.1. The van der Waals surface area contributed by atoms with E-state index < -0.39 is 5.97 Å². The van der Waals surface area contributed by atoms with Gasteiger partial charge in [0, 0.05) is 18.3 Å². The zero-order valence-corrected chi connectivity index (χ0v) is 14.2. The molecule has 0 unspecified atom stereocenters. The predicted molar refractivity (Wildman–Crippen MR) is 87.8 cm³/mol. The molecule has 0 aromatic carbocycles. The van der Waals surface area contributed by atoms with Crippen molar-refractivity contribution in [3.8, 4) is 17.1 Å². The number of hydrogen-bond donors (Lipinski definition) is 3. The maximum absolute atomic E-state index is 11.3. The second kappa shape index (κ2) is 6.99. The first-order valence-corrected chi connectivity index (χ1v) is 7.23. The second-order valence-corrected chi connectivity index (χ2v) is 5.30. The van der Waals surface area contributed by atoms with Crippen LogP contribution in [0.5, 0.6) is 0 Å². The number of hydrogen-bond acceptors (Lipinski definition) is 5. The van der Waals surface area contributed by atoms with Gasteiger partial charge < -0.3 is 15.2 Å². The summed E-state index contributed by atoms with van der Waals surface area (Å²) in [6.07, 6.45) is 3.51. The van der Waals surface area contributed by atoms with E-state index in [0.717, 1.165) is 16.9 Å². The zero-order valence-electron chi connectivity index (χ0n) is 14.2. The highest BCUT2D eigenvalue weighted by Gasteiger charge is 2.23. The Labute approximate surface area is 142 Å². The summed E-state index contributed by atoms with van der Waals surface area (Å²) in [4.78, 5) is 27.0. The van der Waals surface area contributed by atoms with Crippen LogP contribution in [-0.2, 0) is 11.8 Å². The number of H-pyrrole nitrogens is 1. The molecule has 0 spiro atoms. The lowest BCUT2D eigenvalue weighted by Gasteiger charge is -2.04. The van der Waals surface area contributed by atoms with Crippen molar-refractivity contribution in [1.82, 2.24) is 29.5 Å². The lowest BCUT2D eigenvalue weighted by molar-refractivity contribution is -0.122. The molecular weight excluding hydrogens is 328 g/mol. The van der Waals surface area contributed by atoms with Gasteiger partial charge in [-0.2, -0.15) is 10.2 Å². The second-order valence-electron chi connectivity index (χ2n) is 5.30. The summed E-state index contributed by atoms with van der Waals surface area (Å²) >= 11 is 0. The van der Waals surface area contributed by atoms with Crippen LogP contribution in [0.25, 0.3) is 17.1 Å². The summed E-state index contributed by atoms with van der Waals surface area (Å²) < 4.78 is 3.35. The van der Waals surface area contributed by atoms with Crippen molar-refractivity contribution in [2.24, 2.45) is 7.05 Å². The van der Waals surface area contributed by atoms with E-state index in [-0.39, 0.29) is 12.2 Å². The fourth-order valence-electron chi connectivity index (χ4n) is 2.57. The minimum atomic E-state index is -0.990. The molecule has 0 aliphatic rings. The molecule has 0 saturated carbocycles. The Morgan fingerprint density at radius 1 is 1.32 bits per heavy atom. The number of carboxylic acid groups (broad SMARTS) is 2. The van der Waals surface area contributed by atoms with E-state index >= 15 is 0 Å². The Balaban J connectivity index is 0.000000701. The molecule has 0 atom stereocenters. The monoisotopic (exact) mass is 346 g/mol. The third-order valence-electron chi connectivity index (χ3n) is 3.52. The van der Waals surface area contributed by atoms with Crippen molar-refractivity contribution in [2.75, 3.05) is 0 Å². The van der Waals surface area contributed by atoms with E-state index in [2.05, 4.69) is 20.2 Å². The Morgan fingerprint density at radius 2 is 1.96 bits per heavy atom. The van der Waals surface area contributed by atoms with Gasteiger partial charge in [0.15, 0.2) is 5.82 Å². The summed E-state index contributed by atoms with van der Waals surface area (Å²) in [7, 11) is 1.82. The van der Waals surface area contributed by atoms with Crippen LogP contribution in [0.3, 0.4) is 0 Å². The predicted octanol–water partition coefficient (Wildman–Crippen LogP) is 1.32. The number of carbonyl (C=O) groups is 2. The molecule has 132 valence electrons. The molecule has 3 N–H and O–H groups in total. The number of rotatable bonds is 3. The van der Waals surface area contributed by atoms with Crippen LogP contribution in [0.4, 0.5) is 0 Å². The minimum absolute atomic E-state index is 0.172. The Hall–Kier alpha value is -3.43. The average Bonchev–Trinajstić information content (AvgIpc) is 3.18. The van der Waals surface area contributed by atoms with E-state index in [0.29, 0.717) is 17.2 Å². The third-order valence-corrected chi connectivity index (χ3v) is 3.52. The summed E-state index contributed by atoms with van der Waals surface area (Å²) in [5.74, 6) is 0.219. The normalized spacial score (nSPS) is 10.2. The SMILES string of the molecule is Cc1nc(-c2c(C)[nH]c(C(=O)O)c2C)n(-c2cnn(C)c2)n1.O=CO. The Morgan fingerprint density at radius 3 is 2.44 bits per heavy atom. The van der Waals surface area contributed by atoms with Crippen molar-refractivity contribution in [3.63, 3.8) is 0 Å². The van der Waals surface area contributed by atoms with Gasteiger partial charge in [0.05, 0.1) is 12.4 Å². The highest BCUT2D eigenvalue weighted by atomic mass is 16.4. The molecule has 10 nitrogen and oxygen atoms in total. The molecule has 0 aliphatic carbocycles. The lowest BCUT2D eigenvalue weighted by Crippen LogP contribution is -2.01. The Kier molecular flexibility index (Phi) is 5.01. The summed E-state index contributed by atoms with van der Waals surface area (Å²) in [5, 5.41) is 24.7. The number of aromatic carboxylic acids is 1. The highest BCUT2D eigenvalue weighted by Crippen LogP contribution is 2.29. The fourth-order valence-corrected chi connectivity index (χ4v) is 2.57. The third kappa shape index (κ3) is 3.42. The maximum atomic E-state index is 11.3. The molecule has 0 fully saturated rings. The number of nitrogens with one attached hydrogen (secondary N) is 1. The van der Waals surface area contributed by atoms with Gasteiger partial charge in [-0.3, -0.25) is 9.48 Å². The zero-order chi connectivity index (χ0) is 18.7. The van der Waals surface area contributed by atoms with E-state index in [1.165, 1.54) is 0 Å². The average molecular weight is 346 g/mol. The first-order valence-electron chi connectivity index (χ1n) is 7.23. The number of nitrogens with zero attached hydrogens (tertiary/aromatic N) is 5. The molecule has 25 heavy (non-hydrogen) atoms. The van der Waals surface area contributed by atoms with Crippen molar-refractivity contribution in [1.29, 1.82) is 0 Å². The van der Waals surface area contributed by atoms with Crippen LogP contribution >= 0.6 is 0 Å².